The number of carbonyl (C=O) groups excluding carboxylic acids is 1. The number of hydrogen-bond acceptors (Lipinski definition) is 5. The van der Waals surface area contributed by atoms with Gasteiger partial charge >= 0.3 is 0 Å². The normalized spacial score (nSPS) is 24.0. The molecule has 1 amide bonds. The fraction of sp³-hybridized carbons (Fsp3) is 0.364. The van der Waals surface area contributed by atoms with Crippen molar-refractivity contribution >= 4 is 5.91 Å². The number of pyridine rings is 1. The largest absolute Gasteiger partial charge is 0.337 e. The molecule has 7 nitrogen and oxygen atoms in total. The van der Waals surface area contributed by atoms with Crippen LogP contribution in [0.3, 0.4) is 0 Å². The lowest BCUT2D eigenvalue weighted by atomic mass is 9.80. The first-order valence-corrected chi connectivity index (χ1v) is 9.99. The van der Waals surface area contributed by atoms with Gasteiger partial charge in [-0.05, 0) is 30.7 Å². The lowest BCUT2D eigenvalue weighted by molar-refractivity contribution is 0.0769. The molecule has 7 heteroatoms. The van der Waals surface area contributed by atoms with Gasteiger partial charge in [-0.15, -0.1) is 0 Å². The van der Waals surface area contributed by atoms with Gasteiger partial charge in [0.15, 0.2) is 5.82 Å². The van der Waals surface area contributed by atoms with Gasteiger partial charge in [-0.3, -0.25) is 19.8 Å². The Kier molecular flexibility index (Phi) is 4.39. The number of nitrogens with zero attached hydrogens (tertiary/aromatic N) is 5. The molecule has 0 aliphatic carbocycles. The number of rotatable bonds is 4. The number of fused-ring (bicyclic) bond motifs is 1. The smallest absolute Gasteiger partial charge is 0.253 e. The van der Waals surface area contributed by atoms with Gasteiger partial charge in [0.1, 0.15) is 5.82 Å². The number of hydrogen-bond donors (Lipinski definition) is 1. The maximum atomic E-state index is 13.1. The summed E-state index contributed by atoms with van der Waals surface area (Å²) in [7, 11) is 0. The second-order valence-electron chi connectivity index (χ2n) is 8.18. The second kappa shape index (κ2) is 7.08. The Hall–Kier alpha value is -3.06. The number of nitrogens with one attached hydrogen (secondary N) is 1. The van der Waals surface area contributed by atoms with Crippen molar-refractivity contribution in [3.05, 3.63) is 77.6 Å². The van der Waals surface area contributed by atoms with Gasteiger partial charge in [0.25, 0.3) is 5.91 Å². The van der Waals surface area contributed by atoms with E-state index in [1.54, 1.807) is 6.20 Å². The highest BCUT2D eigenvalue weighted by atomic mass is 16.2. The number of carbonyl (C=O) groups is 1. The van der Waals surface area contributed by atoms with E-state index in [1.165, 1.54) is 5.56 Å². The van der Waals surface area contributed by atoms with Crippen molar-refractivity contribution in [2.75, 3.05) is 26.2 Å². The molecule has 2 aliphatic heterocycles. The predicted octanol–water partition coefficient (Wildman–Crippen LogP) is 2.03. The third-order valence-corrected chi connectivity index (χ3v) is 6.16. The molecule has 2 fully saturated rings. The van der Waals surface area contributed by atoms with Crippen LogP contribution < -0.4 is 0 Å². The third-order valence-electron chi connectivity index (χ3n) is 6.16. The van der Waals surface area contributed by atoms with Crippen molar-refractivity contribution in [3.8, 4) is 0 Å². The molecule has 3 aromatic rings. The molecule has 29 heavy (non-hydrogen) atoms. The van der Waals surface area contributed by atoms with Crippen LogP contribution in [0.1, 0.15) is 27.6 Å². The van der Waals surface area contributed by atoms with E-state index in [2.05, 4.69) is 26.1 Å². The summed E-state index contributed by atoms with van der Waals surface area (Å²) in [5, 5.41) is 7.53. The minimum Gasteiger partial charge on any atom is -0.337 e. The van der Waals surface area contributed by atoms with E-state index < -0.39 is 0 Å². The summed E-state index contributed by atoms with van der Waals surface area (Å²) in [6.45, 7) is 5.90. The summed E-state index contributed by atoms with van der Waals surface area (Å²) >= 11 is 0. The molecule has 2 aromatic heterocycles. The molecule has 0 unspecified atom stereocenters. The van der Waals surface area contributed by atoms with Gasteiger partial charge in [-0.25, -0.2) is 4.98 Å². The van der Waals surface area contributed by atoms with Gasteiger partial charge < -0.3 is 4.90 Å². The molecule has 0 radical (unpaired) electrons. The Morgan fingerprint density at radius 2 is 2.03 bits per heavy atom. The highest BCUT2D eigenvalue weighted by molar-refractivity contribution is 5.94. The zero-order chi connectivity index (χ0) is 19.8. The van der Waals surface area contributed by atoms with Crippen LogP contribution in [-0.4, -0.2) is 62.1 Å². The molecular weight excluding hydrogens is 364 g/mol. The Labute approximate surface area is 169 Å². The highest BCUT2D eigenvalue weighted by Crippen LogP contribution is 2.44. The molecule has 2 atom stereocenters. The molecule has 1 aromatic carbocycles. The molecule has 148 valence electrons. The number of aromatic nitrogens is 4. The van der Waals surface area contributed by atoms with Gasteiger partial charge in [0, 0.05) is 56.6 Å². The topological polar surface area (TPSA) is 78.0 Å². The lowest BCUT2D eigenvalue weighted by Gasteiger charge is -2.27. The molecular formula is C22H24N6O. The van der Waals surface area contributed by atoms with Crippen molar-refractivity contribution in [2.45, 2.75) is 18.9 Å². The van der Waals surface area contributed by atoms with Gasteiger partial charge in [-0.1, -0.05) is 24.3 Å². The minimum atomic E-state index is -0.239. The van der Waals surface area contributed by atoms with Crippen LogP contribution in [0.4, 0.5) is 0 Å². The number of H-pyrrole nitrogens is 1. The monoisotopic (exact) mass is 388 g/mol. The molecule has 0 bridgehead atoms. The van der Waals surface area contributed by atoms with E-state index in [-0.39, 0.29) is 11.3 Å². The molecule has 0 spiro atoms. The number of aromatic amines is 1. The number of amides is 1. The van der Waals surface area contributed by atoms with Gasteiger partial charge in [-0.2, -0.15) is 5.10 Å². The fourth-order valence-corrected chi connectivity index (χ4v) is 4.84. The molecule has 1 N–H and O–H groups in total. The quantitative estimate of drug-likeness (QED) is 0.740. The SMILES string of the molecule is Cc1nc([C@@]23CN(Cc4cccnc4)C[C@@H]2CN(C(=O)c2ccccc2)C3)n[nH]1. The van der Waals surface area contributed by atoms with Crippen LogP contribution in [0.2, 0.25) is 0 Å². The molecule has 0 saturated carbocycles. The highest BCUT2D eigenvalue weighted by Gasteiger charge is 2.56. The average molecular weight is 388 g/mol. The molecule has 5 rings (SSSR count). The van der Waals surface area contributed by atoms with Crippen molar-refractivity contribution in [3.63, 3.8) is 0 Å². The van der Waals surface area contributed by atoms with Crippen LogP contribution in [0.25, 0.3) is 0 Å². The van der Waals surface area contributed by atoms with Crippen molar-refractivity contribution in [1.29, 1.82) is 0 Å². The van der Waals surface area contributed by atoms with Crippen LogP contribution in [-0.2, 0) is 12.0 Å². The van der Waals surface area contributed by atoms with E-state index in [9.17, 15) is 4.79 Å². The van der Waals surface area contributed by atoms with E-state index in [0.29, 0.717) is 12.5 Å². The zero-order valence-electron chi connectivity index (χ0n) is 16.5. The van der Waals surface area contributed by atoms with Crippen molar-refractivity contribution in [2.24, 2.45) is 5.92 Å². The molecule has 2 saturated heterocycles. The predicted molar refractivity (Wildman–Crippen MR) is 108 cm³/mol. The summed E-state index contributed by atoms with van der Waals surface area (Å²) < 4.78 is 0. The van der Waals surface area contributed by atoms with E-state index in [0.717, 1.165) is 43.4 Å². The van der Waals surface area contributed by atoms with Gasteiger partial charge in [0.2, 0.25) is 0 Å². The van der Waals surface area contributed by atoms with Crippen LogP contribution >= 0.6 is 0 Å². The van der Waals surface area contributed by atoms with Crippen molar-refractivity contribution in [1.82, 2.24) is 30.0 Å². The van der Waals surface area contributed by atoms with E-state index in [1.807, 2.05) is 54.4 Å². The summed E-state index contributed by atoms with van der Waals surface area (Å²) in [6.07, 6.45) is 3.72. The Balaban J connectivity index is 1.42. The maximum Gasteiger partial charge on any atom is 0.253 e. The minimum absolute atomic E-state index is 0.0884. The van der Waals surface area contributed by atoms with E-state index in [4.69, 9.17) is 4.98 Å². The molecule has 2 aliphatic rings. The molecule has 4 heterocycles. The first kappa shape index (κ1) is 18.0. The summed E-state index contributed by atoms with van der Waals surface area (Å²) in [5.74, 6) is 2.04. The maximum absolute atomic E-state index is 13.1. The fourth-order valence-electron chi connectivity index (χ4n) is 4.84. The number of likely N-dealkylation sites (tertiary alicyclic amines) is 2. The summed E-state index contributed by atoms with van der Waals surface area (Å²) in [6, 6.07) is 13.6. The second-order valence-corrected chi connectivity index (χ2v) is 8.18. The van der Waals surface area contributed by atoms with Crippen molar-refractivity contribution < 1.29 is 4.79 Å². The number of benzene rings is 1. The standard InChI is InChI=1S/C22H24N6O/c1-16-24-21(26-25-16)22-14-27(11-17-6-5-9-23-10-17)12-19(22)13-28(15-22)20(29)18-7-3-2-4-8-18/h2-10,19H,11-15H2,1H3,(H,24,25,26)/t19-,22-/m1/s1. The summed E-state index contributed by atoms with van der Waals surface area (Å²) in [5.41, 5.74) is 1.70. The summed E-state index contributed by atoms with van der Waals surface area (Å²) in [4.78, 5) is 26.4. The Bertz CT molecular complexity index is 1000. The Morgan fingerprint density at radius 3 is 2.76 bits per heavy atom. The zero-order valence-corrected chi connectivity index (χ0v) is 16.5. The first-order chi connectivity index (χ1) is 14.1. The first-order valence-electron chi connectivity index (χ1n) is 9.99. The van der Waals surface area contributed by atoms with Crippen LogP contribution in [0.15, 0.2) is 54.9 Å². The Morgan fingerprint density at radius 1 is 1.17 bits per heavy atom. The third kappa shape index (κ3) is 3.21. The average Bonchev–Trinajstić information content (AvgIpc) is 3.41. The van der Waals surface area contributed by atoms with Gasteiger partial charge in [0.05, 0.1) is 5.41 Å². The van der Waals surface area contributed by atoms with Crippen LogP contribution in [0, 0.1) is 12.8 Å². The number of aryl methyl sites for hydroxylation is 1. The van der Waals surface area contributed by atoms with E-state index >= 15 is 0 Å². The van der Waals surface area contributed by atoms with Crippen LogP contribution in [0.5, 0.6) is 0 Å². The lowest BCUT2D eigenvalue weighted by Crippen LogP contribution is -2.40.